The maximum absolute atomic E-state index is 12.1. The van der Waals surface area contributed by atoms with Crippen LogP contribution >= 0.6 is 11.6 Å². The Hall–Kier alpha value is -2.92. The van der Waals surface area contributed by atoms with Crippen molar-refractivity contribution < 1.29 is 14.4 Å². The van der Waals surface area contributed by atoms with Crippen molar-refractivity contribution in [1.29, 1.82) is 0 Å². The second-order valence-corrected chi connectivity index (χ2v) is 6.55. The van der Waals surface area contributed by atoms with Crippen molar-refractivity contribution in [3.8, 4) is 0 Å². The number of nitrogens with zero attached hydrogens (tertiary/aromatic N) is 1. The van der Waals surface area contributed by atoms with Crippen LogP contribution in [0.15, 0.2) is 48.5 Å². The first-order valence-electron chi connectivity index (χ1n) is 8.12. The lowest BCUT2D eigenvalue weighted by Gasteiger charge is -2.16. The van der Waals surface area contributed by atoms with Gasteiger partial charge in [-0.3, -0.25) is 14.4 Å². The van der Waals surface area contributed by atoms with Crippen LogP contribution in [0.5, 0.6) is 0 Å². The van der Waals surface area contributed by atoms with Crippen molar-refractivity contribution >= 4 is 47.0 Å². The van der Waals surface area contributed by atoms with E-state index in [9.17, 15) is 14.4 Å². The molecule has 1 unspecified atom stereocenters. The molecule has 2 aromatic rings. The van der Waals surface area contributed by atoms with Gasteiger partial charge in [0.2, 0.25) is 11.7 Å². The van der Waals surface area contributed by atoms with Gasteiger partial charge in [0.25, 0.3) is 5.91 Å². The zero-order valence-corrected chi connectivity index (χ0v) is 14.6. The number of nitrogens with two attached hydrogens (primary N) is 1. The Kier molecular flexibility index (Phi) is 5.19. The molecule has 1 fully saturated rings. The van der Waals surface area contributed by atoms with E-state index < -0.39 is 17.6 Å². The third-order valence-corrected chi connectivity index (χ3v) is 4.50. The van der Waals surface area contributed by atoms with Gasteiger partial charge in [-0.05, 0) is 35.4 Å². The molecule has 1 heterocycles. The summed E-state index contributed by atoms with van der Waals surface area (Å²) < 4.78 is 0. The first kappa shape index (κ1) is 17.9. The first-order valence-corrected chi connectivity index (χ1v) is 8.49. The number of hydrogen-bond donors (Lipinski definition) is 1. The summed E-state index contributed by atoms with van der Waals surface area (Å²) in [6, 6.07) is 14.9. The molecular weight excluding hydrogens is 352 g/mol. The summed E-state index contributed by atoms with van der Waals surface area (Å²) >= 11 is 5.96. The number of Topliss-reactive ketones (excluding diaryl/α,β-unsaturated/α-hetero) is 1. The van der Waals surface area contributed by atoms with Gasteiger partial charge in [0.05, 0.1) is 5.92 Å². The Morgan fingerprint density at radius 1 is 1.08 bits per heavy atom. The van der Waals surface area contributed by atoms with Gasteiger partial charge in [-0.25, -0.2) is 0 Å². The number of benzene rings is 2. The Morgan fingerprint density at radius 3 is 2.42 bits per heavy atom. The van der Waals surface area contributed by atoms with E-state index >= 15 is 0 Å². The molecule has 0 spiro atoms. The summed E-state index contributed by atoms with van der Waals surface area (Å²) in [5.41, 5.74) is 7.66. The standard InChI is InChI=1S/C20H17ClN2O3/c21-16-3-1-2-14(10-16)5-4-13-6-8-17(9-7-13)23-12-15(11-18(23)24)19(25)20(22)26/h1-10,15H,11-12H2,(H2,22,26)/b5-4+. The third kappa shape index (κ3) is 4.00. The van der Waals surface area contributed by atoms with E-state index in [0.717, 1.165) is 11.1 Å². The summed E-state index contributed by atoms with van der Waals surface area (Å²) in [5, 5.41) is 0.676. The minimum atomic E-state index is -0.994. The van der Waals surface area contributed by atoms with Gasteiger partial charge in [0, 0.05) is 23.7 Å². The van der Waals surface area contributed by atoms with E-state index in [1.807, 2.05) is 60.7 Å². The van der Waals surface area contributed by atoms with Crippen molar-refractivity contribution in [1.82, 2.24) is 0 Å². The van der Waals surface area contributed by atoms with Crippen LogP contribution in [0.3, 0.4) is 0 Å². The molecule has 2 N–H and O–H groups in total. The lowest BCUT2D eigenvalue weighted by Crippen LogP contribution is -2.32. The summed E-state index contributed by atoms with van der Waals surface area (Å²) in [7, 11) is 0. The van der Waals surface area contributed by atoms with Gasteiger partial charge in [-0.1, -0.05) is 48.0 Å². The smallest absolute Gasteiger partial charge is 0.285 e. The quantitative estimate of drug-likeness (QED) is 0.650. The van der Waals surface area contributed by atoms with Crippen LogP contribution in [0.25, 0.3) is 12.2 Å². The van der Waals surface area contributed by atoms with E-state index in [0.29, 0.717) is 10.7 Å². The lowest BCUT2D eigenvalue weighted by atomic mass is 10.0. The monoisotopic (exact) mass is 368 g/mol. The zero-order valence-electron chi connectivity index (χ0n) is 13.9. The number of ketones is 1. The van der Waals surface area contributed by atoms with Crippen molar-refractivity contribution in [2.24, 2.45) is 11.7 Å². The van der Waals surface area contributed by atoms with Crippen molar-refractivity contribution in [3.63, 3.8) is 0 Å². The van der Waals surface area contributed by atoms with Crippen molar-refractivity contribution in [2.45, 2.75) is 6.42 Å². The van der Waals surface area contributed by atoms with Crippen LogP contribution in [0.1, 0.15) is 17.5 Å². The summed E-state index contributed by atoms with van der Waals surface area (Å²) in [6.07, 6.45) is 3.91. The van der Waals surface area contributed by atoms with E-state index in [-0.39, 0.29) is 18.9 Å². The Labute approximate surface area is 156 Å². The van der Waals surface area contributed by atoms with E-state index in [2.05, 4.69) is 0 Å². The number of anilines is 1. The van der Waals surface area contributed by atoms with Crippen molar-refractivity contribution in [3.05, 3.63) is 64.7 Å². The molecule has 0 aromatic heterocycles. The van der Waals surface area contributed by atoms with E-state index in [1.54, 1.807) is 0 Å². The molecule has 0 aliphatic carbocycles. The molecule has 2 aromatic carbocycles. The topological polar surface area (TPSA) is 80.5 Å². The normalized spacial score (nSPS) is 17.0. The Morgan fingerprint density at radius 2 is 1.77 bits per heavy atom. The van der Waals surface area contributed by atoms with Gasteiger partial charge < -0.3 is 10.6 Å². The molecule has 1 aliphatic rings. The predicted octanol–water partition coefficient (Wildman–Crippen LogP) is 2.92. The second-order valence-electron chi connectivity index (χ2n) is 6.11. The molecular formula is C20H17ClN2O3. The fourth-order valence-corrected chi connectivity index (χ4v) is 3.10. The molecule has 6 heteroatoms. The maximum Gasteiger partial charge on any atom is 0.285 e. The molecule has 1 aliphatic heterocycles. The Bertz CT molecular complexity index is 890. The number of hydrogen-bond acceptors (Lipinski definition) is 3. The molecule has 0 radical (unpaired) electrons. The predicted molar refractivity (Wildman–Crippen MR) is 101 cm³/mol. The van der Waals surface area contributed by atoms with Crippen LogP contribution in [-0.4, -0.2) is 24.1 Å². The number of rotatable bonds is 5. The lowest BCUT2D eigenvalue weighted by molar-refractivity contribution is -0.138. The molecule has 5 nitrogen and oxygen atoms in total. The largest absolute Gasteiger partial charge is 0.363 e. The van der Waals surface area contributed by atoms with Gasteiger partial charge >= 0.3 is 0 Å². The van der Waals surface area contributed by atoms with E-state index in [1.165, 1.54) is 4.90 Å². The number of halogens is 1. The fourth-order valence-electron chi connectivity index (χ4n) is 2.90. The zero-order chi connectivity index (χ0) is 18.7. The minimum absolute atomic E-state index is 0.0121. The molecule has 132 valence electrons. The number of carbonyl (C=O) groups is 3. The van der Waals surface area contributed by atoms with Crippen LogP contribution in [0.2, 0.25) is 5.02 Å². The van der Waals surface area contributed by atoms with Gasteiger partial charge in [-0.2, -0.15) is 0 Å². The highest BCUT2D eigenvalue weighted by molar-refractivity contribution is 6.37. The fraction of sp³-hybridized carbons (Fsp3) is 0.150. The van der Waals surface area contributed by atoms with Crippen molar-refractivity contribution in [2.75, 3.05) is 11.4 Å². The Balaban J connectivity index is 1.71. The highest BCUT2D eigenvalue weighted by Gasteiger charge is 2.36. The molecule has 0 bridgehead atoms. The van der Waals surface area contributed by atoms with Crippen LogP contribution < -0.4 is 10.6 Å². The maximum atomic E-state index is 12.1. The molecule has 3 rings (SSSR count). The number of amides is 2. The van der Waals surface area contributed by atoms with E-state index in [4.69, 9.17) is 17.3 Å². The van der Waals surface area contributed by atoms with Gasteiger partial charge in [0.15, 0.2) is 0 Å². The van der Waals surface area contributed by atoms with Gasteiger partial charge in [0.1, 0.15) is 0 Å². The van der Waals surface area contributed by atoms with Gasteiger partial charge in [-0.15, -0.1) is 0 Å². The molecule has 2 amide bonds. The highest BCUT2D eigenvalue weighted by Crippen LogP contribution is 2.26. The molecule has 1 atom stereocenters. The molecule has 0 saturated carbocycles. The minimum Gasteiger partial charge on any atom is -0.363 e. The molecule has 1 saturated heterocycles. The number of carbonyl (C=O) groups excluding carboxylic acids is 3. The summed E-state index contributed by atoms with van der Waals surface area (Å²) in [4.78, 5) is 36.4. The summed E-state index contributed by atoms with van der Waals surface area (Å²) in [5.74, 6) is -2.54. The van der Waals surface area contributed by atoms with Crippen LogP contribution in [0, 0.1) is 5.92 Å². The SMILES string of the molecule is NC(=O)C(=O)C1CC(=O)N(c2ccc(/C=C/c3cccc(Cl)c3)cc2)C1. The average molecular weight is 369 g/mol. The second kappa shape index (κ2) is 7.54. The summed E-state index contributed by atoms with van der Waals surface area (Å²) in [6.45, 7) is 0.179. The third-order valence-electron chi connectivity index (χ3n) is 4.26. The highest BCUT2D eigenvalue weighted by atomic mass is 35.5. The average Bonchev–Trinajstić information content (AvgIpc) is 3.01. The van der Waals surface area contributed by atoms with Crippen LogP contribution in [-0.2, 0) is 14.4 Å². The first-order chi connectivity index (χ1) is 12.4. The van der Waals surface area contributed by atoms with Crippen LogP contribution in [0.4, 0.5) is 5.69 Å². The molecule has 26 heavy (non-hydrogen) atoms. The number of primary amides is 1.